The van der Waals surface area contributed by atoms with Crippen molar-refractivity contribution in [2.24, 2.45) is 0 Å². The topological polar surface area (TPSA) is 20.2 Å². The second-order valence-electron chi connectivity index (χ2n) is 3.45. The van der Waals surface area contributed by atoms with Crippen LogP contribution in [-0.4, -0.2) is 5.11 Å². The molecule has 0 aromatic heterocycles. The largest absolute Gasteiger partial charge is 0.508 e. The van der Waals surface area contributed by atoms with Crippen LogP contribution in [0.3, 0.4) is 0 Å². The minimum atomic E-state index is 0.338. The van der Waals surface area contributed by atoms with Gasteiger partial charge in [0.2, 0.25) is 0 Å². The van der Waals surface area contributed by atoms with Crippen molar-refractivity contribution in [3.8, 4) is 5.75 Å². The van der Waals surface area contributed by atoms with E-state index in [0.29, 0.717) is 5.75 Å². The van der Waals surface area contributed by atoms with Gasteiger partial charge in [0.25, 0.3) is 0 Å². The second kappa shape index (κ2) is 6.46. The predicted molar refractivity (Wildman–Crippen MR) is 69.4 cm³/mol. The number of rotatable bonds is 1. The third-order valence-corrected chi connectivity index (χ3v) is 2.04. The normalized spacial score (nSPS) is 8.81. The van der Waals surface area contributed by atoms with E-state index in [1.165, 1.54) is 5.56 Å². The lowest BCUT2D eigenvalue weighted by molar-refractivity contribution is 0.475. The first-order valence-electron chi connectivity index (χ1n) is 5.15. The fraction of sp³-hybridized carbons (Fsp3) is 0.0667. The highest BCUT2D eigenvalue weighted by atomic mass is 16.3. The number of phenols is 1. The van der Waals surface area contributed by atoms with Gasteiger partial charge >= 0.3 is 0 Å². The Hall–Kier alpha value is -2.02. The number of hydrogen-bond acceptors (Lipinski definition) is 1. The van der Waals surface area contributed by atoms with Gasteiger partial charge in [0.05, 0.1) is 0 Å². The molecular formula is C15H16O. The van der Waals surface area contributed by atoms with Crippen molar-refractivity contribution < 1.29 is 5.11 Å². The number of aryl methyl sites for hydroxylation is 1. The second-order valence-corrected chi connectivity index (χ2v) is 3.45. The fourth-order valence-electron chi connectivity index (χ4n) is 1.22. The monoisotopic (exact) mass is 212 g/mol. The highest BCUT2D eigenvalue weighted by Gasteiger charge is 1.83. The fourth-order valence-corrected chi connectivity index (χ4v) is 1.22. The van der Waals surface area contributed by atoms with Gasteiger partial charge in [0.1, 0.15) is 5.75 Å². The third kappa shape index (κ3) is 4.47. The average molecular weight is 212 g/mol. The molecule has 0 saturated carbocycles. The van der Waals surface area contributed by atoms with Crippen molar-refractivity contribution in [3.63, 3.8) is 0 Å². The molecule has 0 heterocycles. The molecule has 0 aliphatic rings. The Kier molecular flexibility index (Phi) is 4.87. The van der Waals surface area contributed by atoms with E-state index in [0.717, 1.165) is 5.56 Å². The summed E-state index contributed by atoms with van der Waals surface area (Å²) in [7, 11) is 0. The van der Waals surface area contributed by atoms with Crippen LogP contribution >= 0.6 is 0 Å². The van der Waals surface area contributed by atoms with E-state index in [1.807, 2.05) is 55.5 Å². The number of hydrogen-bond donors (Lipinski definition) is 1. The standard InChI is InChI=1S/C8H8.C7H8O/c1-2-8-6-4-3-5-7-8;1-6-3-2-4-7(8)5-6/h2-7H,1H2;2-5,8H,1H3. The lowest BCUT2D eigenvalue weighted by Gasteiger charge is -1.89. The summed E-state index contributed by atoms with van der Waals surface area (Å²) in [5.41, 5.74) is 2.26. The van der Waals surface area contributed by atoms with Gasteiger partial charge in [-0.2, -0.15) is 0 Å². The van der Waals surface area contributed by atoms with E-state index in [-0.39, 0.29) is 0 Å². The first-order chi connectivity index (χ1) is 7.72. The van der Waals surface area contributed by atoms with Gasteiger partial charge in [-0.3, -0.25) is 0 Å². The molecule has 1 heteroatoms. The summed E-state index contributed by atoms with van der Waals surface area (Å²) >= 11 is 0. The highest BCUT2D eigenvalue weighted by Crippen LogP contribution is 2.08. The summed E-state index contributed by atoms with van der Waals surface area (Å²) in [5.74, 6) is 0.338. The molecule has 0 saturated heterocycles. The molecule has 0 radical (unpaired) electrons. The number of benzene rings is 2. The summed E-state index contributed by atoms with van der Waals surface area (Å²) in [4.78, 5) is 0. The molecule has 0 aliphatic heterocycles. The van der Waals surface area contributed by atoms with E-state index >= 15 is 0 Å². The molecule has 2 rings (SSSR count). The molecule has 0 bridgehead atoms. The maximum atomic E-state index is 8.81. The van der Waals surface area contributed by atoms with Gasteiger partial charge in [-0.25, -0.2) is 0 Å². The van der Waals surface area contributed by atoms with Gasteiger partial charge in [0.15, 0.2) is 0 Å². The minimum Gasteiger partial charge on any atom is -0.508 e. The molecule has 0 fully saturated rings. The molecule has 0 atom stereocenters. The lowest BCUT2D eigenvalue weighted by atomic mass is 10.2. The van der Waals surface area contributed by atoms with Crippen molar-refractivity contribution >= 4 is 6.08 Å². The van der Waals surface area contributed by atoms with Crippen molar-refractivity contribution in [2.75, 3.05) is 0 Å². The number of phenolic OH excluding ortho intramolecular Hbond substituents is 1. The molecular weight excluding hydrogens is 196 g/mol. The Morgan fingerprint density at radius 1 is 1.00 bits per heavy atom. The van der Waals surface area contributed by atoms with E-state index in [1.54, 1.807) is 12.1 Å². The zero-order chi connectivity index (χ0) is 11.8. The average Bonchev–Trinajstić information content (AvgIpc) is 2.31. The van der Waals surface area contributed by atoms with Crippen molar-refractivity contribution in [3.05, 3.63) is 72.3 Å². The van der Waals surface area contributed by atoms with E-state index in [9.17, 15) is 0 Å². The Labute approximate surface area is 96.7 Å². The van der Waals surface area contributed by atoms with Crippen LogP contribution in [0.25, 0.3) is 6.08 Å². The Balaban J connectivity index is 0.000000160. The van der Waals surface area contributed by atoms with Gasteiger partial charge in [-0.15, -0.1) is 0 Å². The minimum absolute atomic E-state index is 0.338. The molecule has 1 N–H and O–H groups in total. The van der Waals surface area contributed by atoms with E-state index in [2.05, 4.69) is 6.58 Å². The molecule has 2 aromatic carbocycles. The van der Waals surface area contributed by atoms with Gasteiger partial charge in [-0.1, -0.05) is 55.1 Å². The van der Waals surface area contributed by atoms with Gasteiger partial charge < -0.3 is 5.11 Å². The summed E-state index contributed by atoms with van der Waals surface area (Å²) in [5, 5.41) is 8.81. The zero-order valence-corrected chi connectivity index (χ0v) is 9.43. The quantitative estimate of drug-likeness (QED) is 0.756. The first kappa shape index (κ1) is 12.1. The highest BCUT2D eigenvalue weighted by molar-refractivity contribution is 5.45. The smallest absolute Gasteiger partial charge is 0.115 e. The molecule has 2 aromatic rings. The molecule has 0 spiro atoms. The molecule has 0 amide bonds. The summed E-state index contributed by atoms with van der Waals surface area (Å²) in [6.45, 7) is 5.58. The van der Waals surface area contributed by atoms with Crippen LogP contribution < -0.4 is 0 Å². The molecule has 82 valence electrons. The van der Waals surface area contributed by atoms with Crippen LogP contribution in [0, 0.1) is 6.92 Å². The Bertz CT molecular complexity index is 415. The van der Waals surface area contributed by atoms with Crippen LogP contribution in [0.1, 0.15) is 11.1 Å². The number of aromatic hydroxyl groups is 1. The molecule has 0 aliphatic carbocycles. The Morgan fingerprint density at radius 3 is 2.06 bits per heavy atom. The SMILES string of the molecule is C=Cc1ccccc1.Cc1cccc(O)c1. The maximum absolute atomic E-state index is 8.81. The third-order valence-electron chi connectivity index (χ3n) is 2.04. The summed E-state index contributed by atoms with van der Waals surface area (Å²) < 4.78 is 0. The van der Waals surface area contributed by atoms with Crippen LogP contribution in [-0.2, 0) is 0 Å². The zero-order valence-electron chi connectivity index (χ0n) is 9.43. The van der Waals surface area contributed by atoms with Gasteiger partial charge in [-0.05, 0) is 30.2 Å². The molecule has 0 unspecified atom stereocenters. The summed E-state index contributed by atoms with van der Waals surface area (Å²) in [6.07, 6.45) is 1.83. The van der Waals surface area contributed by atoms with Crippen molar-refractivity contribution in [1.82, 2.24) is 0 Å². The van der Waals surface area contributed by atoms with Gasteiger partial charge in [0, 0.05) is 0 Å². The lowest BCUT2D eigenvalue weighted by Crippen LogP contribution is -1.66. The maximum Gasteiger partial charge on any atom is 0.115 e. The summed E-state index contributed by atoms with van der Waals surface area (Å²) in [6, 6.07) is 17.2. The van der Waals surface area contributed by atoms with E-state index in [4.69, 9.17) is 5.11 Å². The predicted octanol–water partition coefficient (Wildman–Crippen LogP) is 4.03. The molecule has 1 nitrogen and oxygen atoms in total. The van der Waals surface area contributed by atoms with Crippen LogP contribution in [0.5, 0.6) is 5.75 Å². The van der Waals surface area contributed by atoms with Crippen LogP contribution in [0.15, 0.2) is 61.2 Å². The molecule has 16 heavy (non-hydrogen) atoms. The first-order valence-corrected chi connectivity index (χ1v) is 5.15. The van der Waals surface area contributed by atoms with E-state index < -0.39 is 0 Å². The van der Waals surface area contributed by atoms with Crippen molar-refractivity contribution in [2.45, 2.75) is 6.92 Å². The Morgan fingerprint density at radius 2 is 1.69 bits per heavy atom. The van der Waals surface area contributed by atoms with Crippen molar-refractivity contribution in [1.29, 1.82) is 0 Å². The van der Waals surface area contributed by atoms with Crippen LogP contribution in [0.2, 0.25) is 0 Å². The van der Waals surface area contributed by atoms with Crippen LogP contribution in [0.4, 0.5) is 0 Å².